The summed E-state index contributed by atoms with van der Waals surface area (Å²) in [6, 6.07) is 11.3. The van der Waals surface area contributed by atoms with E-state index in [2.05, 4.69) is 15.6 Å². The third kappa shape index (κ3) is 4.46. The zero-order valence-corrected chi connectivity index (χ0v) is 12.5. The molecule has 1 aromatic carbocycles. The van der Waals surface area contributed by atoms with Crippen LogP contribution >= 0.6 is 0 Å². The number of hydrogen-bond acceptors (Lipinski definition) is 5. The van der Waals surface area contributed by atoms with Crippen LogP contribution in [-0.4, -0.2) is 31.1 Å². The zero-order chi connectivity index (χ0) is 15.8. The number of pyridine rings is 1. The molecule has 2 rings (SSSR count). The molecule has 0 radical (unpaired) electrons. The monoisotopic (exact) mass is 300 g/mol. The van der Waals surface area contributed by atoms with Crippen molar-refractivity contribution in [2.75, 3.05) is 25.5 Å². The molecule has 0 bridgehead atoms. The lowest BCUT2D eigenvalue weighted by Gasteiger charge is -2.08. The van der Waals surface area contributed by atoms with Crippen LogP contribution in [0.2, 0.25) is 0 Å². The third-order valence-corrected chi connectivity index (χ3v) is 3.08. The minimum absolute atomic E-state index is 0.216. The molecule has 0 aliphatic carbocycles. The molecule has 0 aliphatic rings. The van der Waals surface area contributed by atoms with Gasteiger partial charge in [-0.2, -0.15) is 0 Å². The first-order valence-corrected chi connectivity index (χ1v) is 7.04. The number of aromatic nitrogens is 1. The van der Waals surface area contributed by atoms with Crippen molar-refractivity contribution in [2.24, 2.45) is 5.73 Å². The maximum atomic E-state index is 11.7. The number of rotatable bonds is 7. The largest absolute Gasteiger partial charge is 0.497 e. The standard InChI is InChI=1S/C16H20N4O2/c1-22-14-5-2-12(3-6-14)10-19-13-4-7-15(20-11-13)16(21)18-9-8-17/h2-7,11,19H,8-10,17H2,1H3,(H,18,21). The lowest BCUT2D eigenvalue weighted by atomic mass is 10.2. The van der Waals surface area contributed by atoms with Gasteiger partial charge in [-0.05, 0) is 29.8 Å². The molecule has 0 atom stereocenters. The van der Waals surface area contributed by atoms with Crippen LogP contribution in [0.4, 0.5) is 5.69 Å². The van der Waals surface area contributed by atoms with Crippen molar-refractivity contribution in [1.82, 2.24) is 10.3 Å². The predicted octanol–water partition coefficient (Wildman–Crippen LogP) is 1.39. The average molecular weight is 300 g/mol. The first-order chi connectivity index (χ1) is 10.7. The van der Waals surface area contributed by atoms with Crippen molar-refractivity contribution >= 4 is 11.6 Å². The van der Waals surface area contributed by atoms with Gasteiger partial charge in [-0.3, -0.25) is 4.79 Å². The normalized spacial score (nSPS) is 10.1. The summed E-state index contributed by atoms with van der Waals surface area (Å²) in [4.78, 5) is 15.8. The molecule has 0 unspecified atom stereocenters. The second-order valence-electron chi connectivity index (χ2n) is 4.68. The molecule has 1 heterocycles. The Morgan fingerprint density at radius 1 is 1.23 bits per heavy atom. The molecular weight excluding hydrogens is 280 g/mol. The van der Waals surface area contributed by atoms with Gasteiger partial charge in [0.2, 0.25) is 0 Å². The zero-order valence-electron chi connectivity index (χ0n) is 12.5. The molecular formula is C16H20N4O2. The fourth-order valence-corrected chi connectivity index (χ4v) is 1.86. The summed E-state index contributed by atoms with van der Waals surface area (Å²) in [6.45, 7) is 1.52. The summed E-state index contributed by atoms with van der Waals surface area (Å²) in [5, 5.41) is 5.93. The molecule has 0 spiro atoms. The summed E-state index contributed by atoms with van der Waals surface area (Å²) >= 11 is 0. The van der Waals surface area contributed by atoms with Gasteiger partial charge in [0.15, 0.2) is 0 Å². The molecule has 0 aliphatic heterocycles. The molecule has 6 heteroatoms. The molecule has 6 nitrogen and oxygen atoms in total. The number of nitrogens with two attached hydrogens (primary N) is 1. The van der Waals surface area contributed by atoms with E-state index in [0.717, 1.165) is 17.0 Å². The van der Waals surface area contributed by atoms with E-state index < -0.39 is 0 Å². The van der Waals surface area contributed by atoms with Gasteiger partial charge in [0.25, 0.3) is 5.91 Å². The number of ether oxygens (including phenoxy) is 1. The van der Waals surface area contributed by atoms with E-state index in [1.807, 2.05) is 30.3 Å². The van der Waals surface area contributed by atoms with Crippen molar-refractivity contribution in [1.29, 1.82) is 0 Å². The van der Waals surface area contributed by atoms with E-state index >= 15 is 0 Å². The van der Waals surface area contributed by atoms with Crippen LogP contribution in [0.3, 0.4) is 0 Å². The van der Waals surface area contributed by atoms with Crippen molar-refractivity contribution < 1.29 is 9.53 Å². The highest BCUT2D eigenvalue weighted by Crippen LogP contribution is 2.13. The van der Waals surface area contributed by atoms with Crippen molar-refractivity contribution in [3.8, 4) is 5.75 Å². The van der Waals surface area contributed by atoms with Gasteiger partial charge < -0.3 is 21.1 Å². The number of anilines is 1. The first-order valence-electron chi connectivity index (χ1n) is 7.04. The van der Waals surface area contributed by atoms with Crippen LogP contribution in [0.25, 0.3) is 0 Å². The SMILES string of the molecule is COc1ccc(CNc2ccc(C(=O)NCCN)nc2)cc1. The molecule has 4 N–H and O–H groups in total. The average Bonchev–Trinajstić information content (AvgIpc) is 2.58. The van der Waals surface area contributed by atoms with E-state index in [0.29, 0.717) is 25.3 Å². The van der Waals surface area contributed by atoms with Crippen LogP contribution in [0.15, 0.2) is 42.6 Å². The molecule has 0 fully saturated rings. The summed E-state index contributed by atoms with van der Waals surface area (Å²) < 4.78 is 5.12. The molecule has 1 amide bonds. The number of methoxy groups -OCH3 is 1. The van der Waals surface area contributed by atoms with Crippen molar-refractivity contribution in [2.45, 2.75) is 6.54 Å². The second-order valence-corrected chi connectivity index (χ2v) is 4.68. The van der Waals surface area contributed by atoms with Crippen LogP contribution in [-0.2, 0) is 6.54 Å². The Morgan fingerprint density at radius 3 is 2.59 bits per heavy atom. The highest BCUT2D eigenvalue weighted by Gasteiger charge is 2.05. The van der Waals surface area contributed by atoms with E-state index in [4.69, 9.17) is 10.5 Å². The van der Waals surface area contributed by atoms with Gasteiger partial charge in [0.1, 0.15) is 11.4 Å². The van der Waals surface area contributed by atoms with Gasteiger partial charge in [-0.1, -0.05) is 12.1 Å². The Labute approximate surface area is 129 Å². The van der Waals surface area contributed by atoms with Gasteiger partial charge in [-0.25, -0.2) is 4.98 Å². The Morgan fingerprint density at radius 2 is 2.00 bits per heavy atom. The Hall–Kier alpha value is -2.60. The Balaban J connectivity index is 1.89. The lowest BCUT2D eigenvalue weighted by molar-refractivity contribution is 0.0950. The van der Waals surface area contributed by atoms with Gasteiger partial charge in [0, 0.05) is 19.6 Å². The van der Waals surface area contributed by atoms with Crippen LogP contribution in [0.1, 0.15) is 16.1 Å². The van der Waals surface area contributed by atoms with Crippen LogP contribution < -0.4 is 21.1 Å². The van der Waals surface area contributed by atoms with Crippen molar-refractivity contribution in [3.63, 3.8) is 0 Å². The minimum Gasteiger partial charge on any atom is -0.497 e. The van der Waals surface area contributed by atoms with E-state index in [9.17, 15) is 4.79 Å². The van der Waals surface area contributed by atoms with Gasteiger partial charge in [-0.15, -0.1) is 0 Å². The van der Waals surface area contributed by atoms with E-state index in [-0.39, 0.29) is 5.91 Å². The maximum Gasteiger partial charge on any atom is 0.269 e. The van der Waals surface area contributed by atoms with Gasteiger partial charge in [0.05, 0.1) is 19.0 Å². The first kappa shape index (κ1) is 15.8. The molecule has 2 aromatic rings. The minimum atomic E-state index is -0.216. The highest BCUT2D eigenvalue weighted by molar-refractivity contribution is 5.92. The van der Waals surface area contributed by atoms with Crippen molar-refractivity contribution in [3.05, 3.63) is 53.9 Å². The summed E-state index contributed by atoms with van der Waals surface area (Å²) in [5.74, 6) is 0.616. The summed E-state index contributed by atoms with van der Waals surface area (Å²) in [7, 11) is 1.64. The smallest absolute Gasteiger partial charge is 0.269 e. The molecule has 116 valence electrons. The number of nitrogens with zero attached hydrogens (tertiary/aromatic N) is 1. The number of carbonyl (C=O) groups is 1. The number of benzene rings is 1. The Bertz CT molecular complexity index is 597. The number of hydrogen-bond donors (Lipinski definition) is 3. The molecule has 0 saturated heterocycles. The predicted molar refractivity (Wildman–Crippen MR) is 85.9 cm³/mol. The van der Waals surface area contributed by atoms with Crippen LogP contribution in [0, 0.1) is 0 Å². The fraction of sp³-hybridized carbons (Fsp3) is 0.250. The fourth-order valence-electron chi connectivity index (χ4n) is 1.86. The number of nitrogens with one attached hydrogen (secondary N) is 2. The number of carbonyl (C=O) groups excluding carboxylic acids is 1. The van der Waals surface area contributed by atoms with Gasteiger partial charge >= 0.3 is 0 Å². The van der Waals surface area contributed by atoms with Crippen LogP contribution in [0.5, 0.6) is 5.75 Å². The topological polar surface area (TPSA) is 89.3 Å². The third-order valence-electron chi connectivity index (χ3n) is 3.08. The van der Waals surface area contributed by atoms with E-state index in [1.54, 1.807) is 19.4 Å². The molecule has 1 aromatic heterocycles. The highest BCUT2D eigenvalue weighted by atomic mass is 16.5. The second kappa shape index (κ2) is 7.99. The molecule has 22 heavy (non-hydrogen) atoms. The van der Waals surface area contributed by atoms with E-state index in [1.165, 1.54) is 0 Å². The maximum absolute atomic E-state index is 11.7. The molecule has 0 saturated carbocycles. The summed E-state index contributed by atoms with van der Waals surface area (Å²) in [5.41, 5.74) is 7.70. The quantitative estimate of drug-likeness (QED) is 0.719. The summed E-state index contributed by atoms with van der Waals surface area (Å²) in [6.07, 6.45) is 1.64. The number of amides is 1. The lowest BCUT2D eigenvalue weighted by Crippen LogP contribution is -2.29. The Kier molecular flexibility index (Phi) is 5.73.